The third kappa shape index (κ3) is 2.79. The van der Waals surface area contributed by atoms with Crippen molar-refractivity contribution in [1.82, 2.24) is 9.97 Å². The van der Waals surface area contributed by atoms with Crippen LogP contribution in [-0.4, -0.2) is 29.5 Å². The Labute approximate surface area is 80.3 Å². The van der Waals surface area contributed by atoms with Crippen molar-refractivity contribution in [1.29, 1.82) is 0 Å². The van der Waals surface area contributed by atoms with Gasteiger partial charge < -0.3 is 10.1 Å². The summed E-state index contributed by atoms with van der Waals surface area (Å²) < 4.78 is 29.1. The number of halogens is 2. The van der Waals surface area contributed by atoms with Gasteiger partial charge in [0, 0.05) is 0 Å². The van der Waals surface area contributed by atoms with Gasteiger partial charge in [-0.05, 0) is 6.92 Å². The summed E-state index contributed by atoms with van der Waals surface area (Å²) in [5, 5.41) is 2.46. The topological polar surface area (TPSA) is 47.0 Å². The molecule has 1 aromatic rings. The van der Waals surface area contributed by atoms with E-state index in [1.807, 2.05) is 0 Å². The first kappa shape index (κ1) is 10.6. The Kier molecular flexibility index (Phi) is 3.55. The molecule has 1 rings (SSSR count). The molecule has 0 saturated heterocycles. The Balaban J connectivity index is 2.59. The molecule has 0 radical (unpaired) electrons. The molecule has 4 nitrogen and oxygen atoms in total. The highest BCUT2D eigenvalue weighted by atomic mass is 19.3. The van der Waals surface area contributed by atoms with Gasteiger partial charge in [-0.3, -0.25) is 0 Å². The molecule has 1 aromatic heterocycles. The highest BCUT2D eigenvalue weighted by Gasteiger charge is 2.14. The molecule has 78 valence electrons. The van der Waals surface area contributed by atoms with Crippen molar-refractivity contribution in [3.63, 3.8) is 0 Å². The number of hydrogen-bond acceptors (Lipinski definition) is 4. The Morgan fingerprint density at radius 2 is 1.93 bits per heavy atom. The van der Waals surface area contributed by atoms with Gasteiger partial charge in [0.1, 0.15) is 0 Å². The van der Waals surface area contributed by atoms with Gasteiger partial charge in [0.2, 0.25) is 5.95 Å². The molecule has 6 heteroatoms. The predicted octanol–water partition coefficient (Wildman–Crippen LogP) is 1.55. The van der Waals surface area contributed by atoms with Crippen molar-refractivity contribution in [3.05, 3.63) is 12.4 Å². The molecule has 0 aromatic carbocycles. The molecule has 0 aliphatic heterocycles. The fraction of sp³-hybridized carbons (Fsp3) is 0.500. The third-order valence-electron chi connectivity index (χ3n) is 1.60. The van der Waals surface area contributed by atoms with E-state index in [2.05, 4.69) is 15.3 Å². The number of rotatable bonds is 4. The summed E-state index contributed by atoms with van der Waals surface area (Å²) in [7, 11) is 1.48. The normalized spacial score (nSPS) is 12.6. The second-order valence-electron chi connectivity index (χ2n) is 2.71. The van der Waals surface area contributed by atoms with E-state index >= 15 is 0 Å². The minimum atomic E-state index is -2.44. The van der Waals surface area contributed by atoms with Gasteiger partial charge >= 0.3 is 0 Å². The molecule has 14 heavy (non-hydrogen) atoms. The van der Waals surface area contributed by atoms with Crippen LogP contribution in [-0.2, 0) is 0 Å². The van der Waals surface area contributed by atoms with Crippen LogP contribution >= 0.6 is 0 Å². The van der Waals surface area contributed by atoms with Crippen molar-refractivity contribution in [3.8, 4) is 5.75 Å². The smallest absolute Gasteiger partial charge is 0.258 e. The number of anilines is 1. The van der Waals surface area contributed by atoms with Crippen molar-refractivity contribution in [2.45, 2.75) is 19.4 Å². The molecule has 1 atom stereocenters. The Morgan fingerprint density at radius 1 is 1.36 bits per heavy atom. The summed E-state index contributed by atoms with van der Waals surface area (Å²) in [4.78, 5) is 7.58. The van der Waals surface area contributed by atoms with E-state index < -0.39 is 12.5 Å². The molecular weight excluding hydrogens is 192 g/mol. The van der Waals surface area contributed by atoms with E-state index in [0.717, 1.165) is 0 Å². The van der Waals surface area contributed by atoms with Crippen molar-refractivity contribution >= 4 is 5.95 Å². The first-order valence-corrected chi connectivity index (χ1v) is 4.04. The zero-order valence-corrected chi connectivity index (χ0v) is 7.87. The Hall–Kier alpha value is -1.46. The number of hydrogen-bond donors (Lipinski definition) is 1. The van der Waals surface area contributed by atoms with Crippen molar-refractivity contribution in [2.24, 2.45) is 0 Å². The lowest BCUT2D eigenvalue weighted by molar-refractivity contribution is 0.130. The van der Waals surface area contributed by atoms with Gasteiger partial charge in [-0.25, -0.2) is 18.7 Å². The van der Waals surface area contributed by atoms with Crippen LogP contribution < -0.4 is 10.1 Å². The maximum absolute atomic E-state index is 12.1. The summed E-state index contributed by atoms with van der Waals surface area (Å²) >= 11 is 0. The van der Waals surface area contributed by atoms with Crippen LogP contribution in [0.5, 0.6) is 5.75 Å². The zero-order chi connectivity index (χ0) is 10.6. The summed E-state index contributed by atoms with van der Waals surface area (Å²) in [6.07, 6.45) is 0.377. The van der Waals surface area contributed by atoms with E-state index in [-0.39, 0.29) is 5.95 Å². The molecule has 0 fully saturated rings. The fourth-order valence-corrected chi connectivity index (χ4v) is 0.763. The predicted molar refractivity (Wildman–Crippen MR) is 47.7 cm³/mol. The number of nitrogens with one attached hydrogen (secondary N) is 1. The molecule has 0 bridgehead atoms. The molecule has 1 unspecified atom stereocenters. The zero-order valence-electron chi connectivity index (χ0n) is 7.87. The van der Waals surface area contributed by atoms with Gasteiger partial charge in [-0.1, -0.05) is 0 Å². The highest BCUT2D eigenvalue weighted by molar-refractivity contribution is 5.28. The van der Waals surface area contributed by atoms with E-state index in [9.17, 15) is 8.78 Å². The molecule has 0 spiro atoms. The second kappa shape index (κ2) is 4.69. The fourth-order valence-electron chi connectivity index (χ4n) is 0.763. The summed E-state index contributed by atoms with van der Waals surface area (Å²) in [6.45, 7) is 1.36. The van der Waals surface area contributed by atoms with Gasteiger partial charge in [-0.15, -0.1) is 0 Å². The lowest BCUT2D eigenvalue weighted by Crippen LogP contribution is -2.24. The van der Waals surface area contributed by atoms with Gasteiger partial charge in [-0.2, -0.15) is 0 Å². The maximum Gasteiger partial charge on any atom is 0.258 e. The van der Waals surface area contributed by atoms with Crippen LogP contribution in [0.2, 0.25) is 0 Å². The number of alkyl halides is 2. The largest absolute Gasteiger partial charge is 0.494 e. The van der Waals surface area contributed by atoms with E-state index in [1.54, 1.807) is 0 Å². The first-order valence-electron chi connectivity index (χ1n) is 4.04. The molecule has 1 heterocycles. The number of aromatic nitrogens is 2. The van der Waals surface area contributed by atoms with Crippen LogP contribution in [0.4, 0.5) is 14.7 Å². The summed E-state index contributed by atoms with van der Waals surface area (Å²) in [5.41, 5.74) is 0. The van der Waals surface area contributed by atoms with E-state index in [4.69, 9.17) is 4.74 Å². The summed E-state index contributed by atoms with van der Waals surface area (Å²) in [6, 6.07) is -0.969. The average molecular weight is 203 g/mol. The maximum atomic E-state index is 12.1. The average Bonchev–Trinajstić information content (AvgIpc) is 2.19. The lowest BCUT2D eigenvalue weighted by atomic mass is 10.4. The van der Waals surface area contributed by atoms with Gasteiger partial charge in [0.25, 0.3) is 6.43 Å². The van der Waals surface area contributed by atoms with Crippen LogP contribution in [0.25, 0.3) is 0 Å². The standard InChI is InChI=1S/C8H11F2N3O/c1-5(7(9)10)13-8-11-3-6(14-2)4-12-8/h3-5,7H,1-2H3,(H,11,12,13). The third-order valence-corrected chi connectivity index (χ3v) is 1.60. The number of nitrogens with zero attached hydrogens (tertiary/aromatic N) is 2. The molecule has 0 aliphatic rings. The van der Waals surface area contributed by atoms with Crippen LogP contribution in [0.3, 0.4) is 0 Å². The van der Waals surface area contributed by atoms with Crippen LogP contribution in [0.1, 0.15) is 6.92 Å². The summed E-state index contributed by atoms with van der Waals surface area (Å²) in [5.74, 6) is 0.652. The number of ether oxygens (including phenoxy) is 1. The molecular formula is C8H11F2N3O. The van der Waals surface area contributed by atoms with Gasteiger partial charge in [0.05, 0.1) is 25.5 Å². The molecule has 1 N–H and O–H groups in total. The molecule has 0 aliphatic carbocycles. The highest BCUT2D eigenvalue weighted by Crippen LogP contribution is 2.10. The Morgan fingerprint density at radius 3 is 2.36 bits per heavy atom. The minimum Gasteiger partial charge on any atom is -0.494 e. The molecule has 0 amide bonds. The Bertz CT molecular complexity index is 278. The van der Waals surface area contributed by atoms with Gasteiger partial charge in [0.15, 0.2) is 5.75 Å². The van der Waals surface area contributed by atoms with Crippen LogP contribution in [0, 0.1) is 0 Å². The lowest BCUT2D eigenvalue weighted by Gasteiger charge is -2.11. The minimum absolute atomic E-state index is 0.165. The van der Waals surface area contributed by atoms with Crippen molar-refractivity contribution < 1.29 is 13.5 Å². The second-order valence-corrected chi connectivity index (χ2v) is 2.71. The monoisotopic (exact) mass is 203 g/mol. The van der Waals surface area contributed by atoms with Crippen molar-refractivity contribution in [2.75, 3.05) is 12.4 Å². The van der Waals surface area contributed by atoms with E-state index in [0.29, 0.717) is 5.75 Å². The quantitative estimate of drug-likeness (QED) is 0.806. The molecule has 0 saturated carbocycles. The van der Waals surface area contributed by atoms with Crippen LogP contribution in [0.15, 0.2) is 12.4 Å². The SMILES string of the molecule is COc1cnc(NC(C)C(F)F)nc1. The van der Waals surface area contributed by atoms with E-state index in [1.165, 1.54) is 26.4 Å². The first-order chi connectivity index (χ1) is 6.63. The number of methoxy groups -OCH3 is 1.